The van der Waals surface area contributed by atoms with Gasteiger partial charge in [-0.25, -0.2) is 0 Å². The molecule has 2 N–H and O–H groups in total. The lowest BCUT2D eigenvalue weighted by Gasteiger charge is -2.08. The molecule has 5 rings (SSSR count). The van der Waals surface area contributed by atoms with Crippen LogP contribution in [0.5, 0.6) is 0 Å². The molecular formula is C25H19N3O2S. The Balaban J connectivity index is 1.38. The summed E-state index contributed by atoms with van der Waals surface area (Å²) in [6, 6.07) is 23.3. The monoisotopic (exact) mass is 425 g/mol. The first-order chi connectivity index (χ1) is 15.2. The van der Waals surface area contributed by atoms with Gasteiger partial charge in [-0.2, -0.15) is 5.10 Å². The van der Waals surface area contributed by atoms with E-state index in [9.17, 15) is 9.59 Å². The van der Waals surface area contributed by atoms with Crippen LogP contribution >= 0.6 is 11.3 Å². The van der Waals surface area contributed by atoms with Gasteiger partial charge in [-0.15, -0.1) is 11.3 Å². The molecule has 0 radical (unpaired) electrons. The van der Waals surface area contributed by atoms with E-state index in [0.29, 0.717) is 11.3 Å². The van der Waals surface area contributed by atoms with Crippen molar-refractivity contribution in [3.63, 3.8) is 0 Å². The Bertz CT molecular complexity index is 1370. The Morgan fingerprint density at radius 3 is 2.55 bits per heavy atom. The van der Waals surface area contributed by atoms with E-state index in [0.717, 1.165) is 21.3 Å². The summed E-state index contributed by atoms with van der Waals surface area (Å²) in [5.41, 5.74) is 3.25. The van der Waals surface area contributed by atoms with Crippen molar-refractivity contribution in [1.29, 1.82) is 0 Å². The van der Waals surface area contributed by atoms with Crippen molar-refractivity contribution in [2.45, 2.75) is 12.8 Å². The maximum absolute atomic E-state index is 12.5. The van der Waals surface area contributed by atoms with Gasteiger partial charge in [0.25, 0.3) is 0 Å². The molecule has 152 valence electrons. The lowest BCUT2D eigenvalue weighted by atomic mass is 10.1. The molecule has 0 fully saturated rings. The summed E-state index contributed by atoms with van der Waals surface area (Å²) in [6.07, 6.45) is 2.06. The zero-order valence-electron chi connectivity index (χ0n) is 16.6. The topological polar surface area (TPSA) is 74.8 Å². The van der Waals surface area contributed by atoms with Crippen LogP contribution in [-0.4, -0.2) is 21.9 Å². The van der Waals surface area contributed by atoms with Crippen molar-refractivity contribution in [3.05, 3.63) is 84.6 Å². The SMILES string of the molecule is O=C(CCC(=O)c1ccccc1)Nc1cc(-c2cc3ccccc3s2)c2[nH]ncc2c1. The van der Waals surface area contributed by atoms with Crippen LogP contribution in [0.2, 0.25) is 0 Å². The first-order valence-electron chi connectivity index (χ1n) is 10.0. The number of ketones is 1. The Morgan fingerprint density at radius 1 is 0.903 bits per heavy atom. The number of hydrogen-bond acceptors (Lipinski definition) is 4. The number of rotatable bonds is 6. The Morgan fingerprint density at radius 2 is 1.71 bits per heavy atom. The van der Waals surface area contributed by atoms with Crippen molar-refractivity contribution < 1.29 is 9.59 Å². The molecule has 0 aliphatic rings. The van der Waals surface area contributed by atoms with E-state index in [1.54, 1.807) is 29.7 Å². The highest BCUT2D eigenvalue weighted by Crippen LogP contribution is 2.38. The molecule has 5 nitrogen and oxygen atoms in total. The molecule has 0 aliphatic carbocycles. The van der Waals surface area contributed by atoms with Gasteiger partial charge in [-0.3, -0.25) is 14.7 Å². The zero-order chi connectivity index (χ0) is 21.2. The van der Waals surface area contributed by atoms with E-state index in [1.165, 1.54) is 10.1 Å². The molecule has 2 aromatic heterocycles. The third kappa shape index (κ3) is 3.98. The van der Waals surface area contributed by atoms with Gasteiger partial charge in [0.2, 0.25) is 5.91 Å². The molecule has 2 heterocycles. The number of carbonyl (C=O) groups is 2. The fourth-order valence-corrected chi connectivity index (χ4v) is 4.74. The predicted molar refractivity (Wildman–Crippen MR) is 126 cm³/mol. The summed E-state index contributed by atoms with van der Waals surface area (Å²) in [6.45, 7) is 0. The molecule has 5 aromatic rings. The minimum atomic E-state index is -0.186. The van der Waals surface area contributed by atoms with Crippen LogP contribution in [0.15, 0.2) is 79.0 Å². The van der Waals surface area contributed by atoms with Gasteiger partial charge in [0.1, 0.15) is 0 Å². The number of amides is 1. The minimum absolute atomic E-state index is 0.0352. The summed E-state index contributed by atoms with van der Waals surface area (Å²) in [5.74, 6) is -0.221. The lowest BCUT2D eigenvalue weighted by Crippen LogP contribution is -2.13. The molecular weight excluding hydrogens is 406 g/mol. The zero-order valence-corrected chi connectivity index (χ0v) is 17.4. The van der Waals surface area contributed by atoms with E-state index >= 15 is 0 Å². The molecule has 0 bridgehead atoms. The lowest BCUT2D eigenvalue weighted by molar-refractivity contribution is -0.116. The smallest absolute Gasteiger partial charge is 0.224 e. The van der Waals surface area contributed by atoms with Crippen LogP contribution in [0.4, 0.5) is 5.69 Å². The van der Waals surface area contributed by atoms with E-state index < -0.39 is 0 Å². The van der Waals surface area contributed by atoms with Crippen LogP contribution in [0.25, 0.3) is 31.4 Å². The third-order valence-electron chi connectivity index (χ3n) is 5.20. The first-order valence-corrected chi connectivity index (χ1v) is 10.8. The number of hydrogen-bond donors (Lipinski definition) is 2. The van der Waals surface area contributed by atoms with Crippen LogP contribution in [0, 0.1) is 0 Å². The Kier molecular flexibility index (Phi) is 5.06. The van der Waals surface area contributed by atoms with Gasteiger partial charge in [0.05, 0.1) is 11.7 Å². The summed E-state index contributed by atoms with van der Waals surface area (Å²) < 4.78 is 1.21. The number of H-pyrrole nitrogens is 1. The number of nitrogens with one attached hydrogen (secondary N) is 2. The fraction of sp³-hybridized carbons (Fsp3) is 0.0800. The van der Waals surface area contributed by atoms with E-state index in [1.807, 2.05) is 42.5 Å². The number of anilines is 1. The molecule has 0 unspecified atom stereocenters. The Labute approximate surface area is 182 Å². The standard InChI is InChI=1S/C25H19N3O2S/c29-21(16-6-2-1-3-7-16)10-11-24(30)27-19-12-18-15-26-28-25(18)20(14-19)23-13-17-8-4-5-9-22(17)31-23/h1-9,12-15H,10-11H2,(H,26,28)(H,27,30). The fourth-order valence-electron chi connectivity index (χ4n) is 3.66. The number of thiophene rings is 1. The number of nitrogens with zero attached hydrogens (tertiary/aromatic N) is 1. The molecule has 3 aromatic carbocycles. The molecule has 0 spiro atoms. The molecule has 0 saturated heterocycles. The van der Waals surface area contributed by atoms with Gasteiger partial charge in [0.15, 0.2) is 5.78 Å². The number of aromatic amines is 1. The maximum Gasteiger partial charge on any atom is 0.224 e. The van der Waals surface area contributed by atoms with Crippen molar-refractivity contribution in [2.24, 2.45) is 0 Å². The van der Waals surface area contributed by atoms with Crippen molar-refractivity contribution >= 4 is 49.7 Å². The van der Waals surface area contributed by atoms with Crippen LogP contribution in [0.3, 0.4) is 0 Å². The number of fused-ring (bicyclic) bond motifs is 2. The molecule has 1 amide bonds. The maximum atomic E-state index is 12.5. The third-order valence-corrected chi connectivity index (χ3v) is 6.35. The second-order valence-electron chi connectivity index (χ2n) is 7.34. The summed E-state index contributed by atoms with van der Waals surface area (Å²) >= 11 is 1.70. The normalized spacial score (nSPS) is 11.1. The number of carbonyl (C=O) groups excluding carboxylic acids is 2. The van der Waals surface area contributed by atoms with Gasteiger partial charge in [-0.1, -0.05) is 48.5 Å². The van der Waals surface area contributed by atoms with Crippen molar-refractivity contribution in [3.8, 4) is 10.4 Å². The van der Waals surface area contributed by atoms with Crippen LogP contribution in [-0.2, 0) is 4.79 Å². The number of aromatic nitrogens is 2. The average Bonchev–Trinajstić information content (AvgIpc) is 3.44. The van der Waals surface area contributed by atoms with Crippen LogP contribution < -0.4 is 5.32 Å². The van der Waals surface area contributed by atoms with Gasteiger partial charge < -0.3 is 5.32 Å². The predicted octanol–water partition coefficient (Wildman–Crippen LogP) is 6.05. The largest absolute Gasteiger partial charge is 0.326 e. The molecule has 6 heteroatoms. The van der Waals surface area contributed by atoms with Gasteiger partial charge >= 0.3 is 0 Å². The second kappa shape index (κ2) is 8.16. The first kappa shape index (κ1) is 19.2. The highest BCUT2D eigenvalue weighted by molar-refractivity contribution is 7.22. The molecule has 31 heavy (non-hydrogen) atoms. The summed E-state index contributed by atoms with van der Waals surface area (Å²) in [7, 11) is 0. The molecule has 0 saturated carbocycles. The average molecular weight is 426 g/mol. The quantitative estimate of drug-likeness (QED) is 0.325. The number of Topliss-reactive ketones (excluding diaryl/α,β-unsaturated/α-hetero) is 1. The Hall–Kier alpha value is -3.77. The second-order valence-corrected chi connectivity index (χ2v) is 8.43. The number of benzene rings is 3. The van der Waals surface area contributed by atoms with E-state index in [2.05, 4.69) is 33.7 Å². The van der Waals surface area contributed by atoms with Crippen LogP contribution in [0.1, 0.15) is 23.2 Å². The van der Waals surface area contributed by atoms with E-state index in [-0.39, 0.29) is 24.5 Å². The van der Waals surface area contributed by atoms with Crippen molar-refractivity contribution in [1.82, 2.24) is 10.2 Å². The summed E-state index contributed by atoms with van der Waals surface area (Å²) in [5, 5.41) is 12.3. The highest BCUT2D eigenvalue weighted by Gasteiger charge is 2.14. The molecule has 0 atom stereocenters. The highest BCUT2D eigenvalue weighted by atomic mass is 32.1. The van der Waals surface area contributed by atoms with Crippen molar-refractivity contribution in [2.75, 3.05) is 5.32 Å². The molecule has 0 aliphatic heterocycles. The summed E-state index contributed by atoms with van der Waals surface area (Å²) in [4.78, 5) is 25.9. The van der Waals surface area contributed by atoms with Gasteiger partial charge in [-0.05, 0) is 29.7 Å². The van der Waals surface area contributed by atoms with Gasteiger partial charge in [0, 0.05) is 44.6 Å². The minimum Gasteiger partial charge on any atom is -0.326 e. The van der Waals surface area contributed by atoms with E-state index in [4.69, 9.17) is 0 Å².